The van der Waals surface area contributed by atoms with Crippen LogP contribution in [0.5, 0.6) is 0 Å². The van der Waals surface area contributed by atoms with Crippen molar-refractivity contribution in [1.82, 2.24) is 0 Å². The summed E-state index contributed by atoms with van der Waals surface area (Å²) in [5, 5.41) is 3.88. The van der Waals surface area contributed by atoms with Crippen LogP contribution < -0.4 is 10.2 Å². The number of hydrogen-bond acceptors (Lipinski definition) is 5. The lowest BCUT2D eigenvalue weighted by Gasteiger charge is -2.32. The predicted molar refractivity (Wildman–Crippen MR) is 128 cm³/mol. The molecule has 0 amide bonds. The van der Waals surface area contributed by atoms with E-state index < -0.39 is 13.4 Å². The quantitative estimate of drug-likeness (QED) is 0.361. The second-order valence-corrected chi connectivity index (χ2v) is 10.1. The van der Waals surface area contributed by atoms with Gasteiger partial charge in [-0.2, -0.15) is 0 Å². The Labute approximate surface area is 186 Å². The molecule has 0 saturated carbocycles. The number of anilines is 2. The first-order valence-electron chi connectivity index (χ1n) is 10.5. The van der Waals surface area contributed by atoms with Crippen LogP contribution >= 0.6 is 19.2 Å². The maximum Gasteiger partial charge on any atom is 0.357 e. The third-order valence-electron chi connectivity index (χ3n) is 4.54. The number of para-hydroxylation sites is 1. The molecule has 2 aromatic rings. The average Bonchev–Trinajstić information content (AvgIpc) is 2.67. The molecule has 0 aliphatic rings. The Morgan fingerprint density at radius 3 is 1.93 bits per heavy atom. The molecule has 1 N–H and O–H groups in total. The van der Waals surface area contributed by atoms with Gasteiger partial charge >= 0.3 is 7.60 Å². The van der Waals surface area contributed by atoms with Gasteiger partial charge in [-0.1, -0.05) is 35.9 Å². The molecule has 0 bridgehead atoms. The van der Waals surface area contributed by atoms with Gasteiger partial charge in [0.25, 0.3) is 0 Å². The molecule has 0 fully saturated rings. The van der Waals surface area contributed by atoms with E-state index in [4.69, 9.17) is 20.6 Å². The van der Waals surface area contributed by atoms with Crippen LogP contribution in [0.4, 0.5) is 11.4 Å². The van der Waals surface area contributed by atoms with Crippen LogP contribution in [-0.2, 0) is 13.6 Å². The second-order valence-electron chi connectivity index (χ2n) is 7.64. The number of nitrogens with zero attached hydrogens (tertiary/aromatic N) is 1. The normalized spacial score (nSPS) is 13.0. The van der Waals surface area contributed by atoms with Gasteiger partial charge in [0.1, 0.15) is 0 Å². The van der Waals surface area contributed by atoms with Gasteiger partial charge < -0.3 is 19.3 Å². The zero-order valence-corrected chi connectivity index (χ0v) is 20.4. The van der Waals surface area contributed by atoms with E-state index in [9.17, 15) is 4.57 Å². The highest BCUT2D eigenvalue weighted by Crippen LogP contribution is 2.62. The van der Waals surface area contributed by atoms with Gasteiger partial charge in [-0.3, -0.25) is 4.57 Å². The van der Waals surface area contributed by atoms with Crippen molar-refractivity contribution in [2.24, 2.45) is 0 Å². The zero-order valence-electron chi connectivity index (χ0n) is 18.8. The van der Waals surface area contributed by atoms with Crippen LogP contribution in [0.15, 0.2) is 48.5 Å². The Hall–Kier alpha value is -1.52. The number of hydrogen-bond donors (Lipinski definition) is 1. The van der Waals surface area contributed by atoms with Gasteiger partial charge in [-0.15, -0.1) is 0 Å². The van der Waals surface area contributed by atoms with Crippen molar-refractivity contribution in [2.45, 2.75) is 59.5 Å². The van der Waals surface area contributed by atoms with Crippen molar-refractivity contribution < 1.29 is 13.6 Å². The van der Waals surface area contributed by atoms with Crippen LogP contribution in [0.25, 0.3) is 0 Å². The molecular formula is C23H34ClN2O3P. The van der Waals surface area contributed by atoms with E-state index in [1.807, 2.05) is 70.2 Å². The molecule has 0 aliphatic heterocycles. The Morgan fingerprint density at radius 1 is 0.933 bits per heavy atom. The Kier molecular flexibility index (Phi) is 9.24. The van der Waals surface area contributed by atoms with Crippen LogP contribution in [0.3, 0.4) is 0 Å². The molecule has 0 spiro atoms. The molecular weight excluding hydrogens is 419 g/mol. The van der Waals surface area contributed by atoms with Crippen molar-refractivity contribution in [3.63, 3.8) is 0 Å². The lowest BCUT2D eigenvalue weighted by atomic mass is 10.2. The minimum atomic E-state index is -3.59. The minimum absolute atomic E-state index is 0.264. The maximum absolute atomic E-state index is 14.0. The Bertz CT molecular complexity index is 825. The van der Waals surface area contributed by atoms with Gasteiger partial charge in [-0.05, 0) is 71.4 Å². The summed E-state index contributed by atoms with van der Waals surface area (Å²) in [5.41, 5.74) is 2.61. The minimum Gasteiger partial charge on any atom is -0.372 e. The smallest absolute Gasteiger partial charge is 0.357 e. The van der Waals surface area contributed by atoms with E-state index >= 15 is 0 Å². The highest BCUT2D eigenvalue weighted by Gasteiger charge is 2.39. The maximum atomic E-state index is 14.0. The van der Waals surface area contributed by atoms with Gasteiger partial charge in [-0.25, -0.2) is 0 Å². The van der Waals surface area contributed by atoms with Gasteiger partial charge in [0, 0.05) is 18.8 Å². The predicted octanol–water partition coefficient (Wildman–Crippen LogP) is 7.34. The molecule has 2 rings (SSSR count). The lowest BCUT2D eigenvalue weighted by molar-refractivity contribution is 0.138. The summed E-state index contributed by atoms with van der Waals surface area (Å²) < 4.78 is 25.9. The van der Waals surface area contributed by atoms with Crippen LogP contribution in [0.2, 0.25) is 5.02 Å². The third kappa shape index (κ3) is 6.49. The molecule has 0 radical (unpaired) electrons. The van der Waals surface area contributed by atoms with Gasteiger partial charge in [0.15, 0.2) is 5.78 Å². The summed E-state index contributed by atoms with van der Waals surface area (Å²) in [6.07, 6.45) is -0.528. The molecule has 5 nitrogen and oxygen atoms in total. The molecule has 0 aliphatic carbocycles. The molecule has 166 valence electrons. The van der Waals surface area contributed by atoms with E-state index in [0.717, 1.165) is 24.3 Å². The van der Waals surface area contributed by atoms with Crippen LogP contribution in [0.1, 0.15) is 52.9 Å². The summed E-state index contributed by atoms with van der Waals surface area (Å²) in [4.78, 5) is 2.26. The number of nitrogens with one attached hydrogen (secondary N) is 1. The second kappa shape index (κ2) is 11.2. The van der Waals surface area contributed by atoms with Crippen molar-refractivity contribution in [2.75, 3.05) is 23.3 Å². The van der Waals surface area contributed by atoms with Crippen molar-refractivity contribution in [1.29, 1.82) is 0 Å². The summed E-state index contributed by atoms with van der Waals surface area (Å²) >= 11 is 6.38. The first-order chi connectivity index (χ1) is 14.2. The average molecular weight is 453 g/mol. The molecule has 0 saturated heterocycles. The SMILES string of the molecule is CCN(CC)c1ccc(C(Nc2ccccc2Cl)P(=O)(OC(C)C)OC(C)C)cc1. The highest BCUT2D eigenvalue weighted by molar-refractivity contribution is 7.54. The van der Waals surface area contributed by atoms with Crippen molar-refractivity contribution in [3.8, 4) is 0 Å². The van der Waals surface area contributed by atoms with E-state index in [1.54, 1.807) is 6.07 Å². The molecule has 1 unspecified atom stereocenters. The van der Waals surface area contributed by atoms with Crippen molar-refractivity contribution in [3.05, 3.63) is 59.1 Å². The Morgan fingerprint density at radius 2 is 1.47 bits per heavy atom. The van der Waals surface area contributed by atoms with Crippen LogP contribution in [0, 0.1) is 0 Å². The van der Waals surface area contributed by atoms with Gasteiger partial charge in [0.05, 0.1) is 22.9 Å². The summed E-state index contributed by atoms with van der Waals surface area (Å²) in [5.74, 6) is -0.701. The number of halogens is 1. The first kappa shape index (κ1) is 24.7. The van der Waals surface area contributed by atoms with E-state index in [1.165, 1.54) is 0 Å². The molecule has 0 aromatic heterocycles. The summed E-state index contributed by atoms with van der Waals surface area (Å²) in [6.45, 7) is 13.5. The number of benzene rings is 2. The molecule has 30 heavy (non-hydrogen) atoms. The van der Waals surface area contributed by atoms with E-state index in [-0.39, 0.29) is 12.2 Å². The Balaban J connectivity index is 2.51. The van der Waals surface area contributed by atoms with Crippen molar-refractivity contribution >= 4 is 30.6 Å². The van der Waals surface area contributed by atoms with Crippen LogP contribution in [-0.4, -0.2) is 25.3 Å². The number of rotatable bonds is 11. The molecule has 1 atom stereocenters. The van der Waals surface area contributed by atoms with Gasteiger partial charge in [0.2, 0.25) is 0 Å². The fraction of sp³-hybridized carbons (Fsp3) is 0.478. The van der Waals surface area contributed by atoms with E-state index in [0.29, 0.717) is 10.7 Å². The summed E-state index contributed by atoms with van der Waals surface area (Å²) in [6, 6.07) is 15.4. The molecule has 7 heteroatoms. The van der Waals surface area contributed by atoms with E-state index in [2.05, 4.69) is 24.1 Å². The highest BCUT2D eigenvalue weighted by atomic mass is 35.5. The fourth-order valence-corrected chi connectivity index (χ4v) is 5.75. The standard InChI is InChI=1S/C23H34ClN2O3P/c1-7-26(8-2)20-15-13-19(14-16-20)23(25-22-12-10-9-11-21(22)24)30(27,28-17(3)4)29-18(5)6/h9-18,23,25H,7-8H2,1-6H3. The largest absolute Gasteiger partial charge is 0.372 e. The summed E-state index contributed by atoms with van der Waals surface area (Å²) in [7, 11) is -3.59. The molecule has 2 aromatic carbocycles. The fourth-order valence-electron chi connectivity index (χ4n) is 3.26. The first-order valence-corrected chi connectivity index (χ1v) is 12.5. The topological polar surface area (TPSA) is 50.8 Å². The lowest BCUT2D eigenvalue weighted by Crippen LogP contribution is -2.22. The third-order valence-corrected chi connectivity index (χ3v) is 7.36. The monoisotopic (exact) mass is 452 g/mol. The molecule has 0 heterocycles. The zero-order chi connectivity index (χ0) is 22.3.